The summed E-state index contributed by atoms with van der Waals surface area (Å²) in [4.78, 5) is 12.9. The number of aromatic nitrogens is 3. The topological polar surface area (TPSA) is 62.7 Å². The number of hydrogen-bond donors (Lipinski definition) is 2. The van der Waals surface area contributed by atoms with E-state index in [0.29, 0.717) is 17.5 Å². The molecule has 0 amide bonds. The highest BCUT2D eigenvalue weighted by molar-refractivity contribution is 6.31. The van der Waals surface area contributed by atoms with Crippen LogP contribution < -0.4 is 10.6 Å². The molecule has 2 aromatic heterocycles. The van der Waals surface area contributed by atoms with E-state index in [0.717, 1.165) is 22.8 Å². The molecule has 0 aliphatic carbocycles. The Morgan fingerprint density at radius 3 is 2.74 bits per heavy atom. The largest absolute Gasteiger partial charge is 0.364 e. The summed E-state index contributed by atoms with van der Waals surface area (Å²) >= 11 is 6.13. The number of nitrogens with zero attached hydrogens (tertiary/aromatic N) is 3. The molecule has 0 bridgehead atoms. The zero-order valence-corrected chi connectivity index (χ0v) is 13.4. The number of hydrogen-bond acceptors (Lipinski definition) is 5. The zero-order valence-electron chi connectivity index (χ0n) is 12.6. The van der Waals surface area contributed by atoms with E-state index in [9.17, 15) is 0 Å². The van der Waals surface area contributed by atoms with Crippen LogP contribution in [0.5, 0.6) is 0 Å². The van der Waals surface area contributed by atoms with Crippen LogP contribution in [0.3, 0.4) is 0 Å². The lowest BCUT2D eigenvalue weighted by molar-refractivity contribution is 1.02. The van der Waals surface area contributed by atoms with Crippen molar-refractivity contribution in [2.75, 3.05) is 10.6 Å². The summed E-state index contributed by atoms with van der Waals surface area (Å²) in [5.41, 5.74) is 2.83. The van der Waals surface area contributed by atoms with Crippen molar-refractivity contribution in [1.29, 1.82) is 0 Å². The maximum absolute atomic E-state index is 6.13. The Labute approximate surface area is 139 Å². The molecular formula is C17H16ClN5. The molecular weight excluding hydrogens is 310 g/mol. The lowest BCUT2D eigenvalue weighted by atomic mass is 10.2. The molecule has 116 valence electrons. The van der Waals surface area contributed by atoms with Gasteiger partial charge in [-0.25, -0.2) is 4.98 Å². The summed E-state index contributed by atoms with van der Waals surface area (Å²) in [5, 5.41) is 7.08. The first kappa shape index (κ1) is 15.2. The monoisotopic (exact) mass is 325 g/mol. The van der Waals surface area contributed by atoms with Gasteiger partial charge in [-0.2, -0.15) is 4.98 Å². The molecule has 0 atom stereocenters. The Balaban J connectivity index is 1.68. The number of aryl methyl sites for hydroxylation is 1. The Morgan fingerprint density at radius 1 is 1.04 bits per heavy atom. The number of halogens is 1. The van der Waals surface area contributed by atoms with Crippen LogP contribution in [0.2, 0.25) is 5.02 Å². The first-order valence-corrected chi connectivity index (χ1v) is 7.58. The Morgan fingerprint density at radius 2 is 1.96 bits per heavy atom. The standard InChI is InChI=1S/C17H16ClN5/c1-12-5-6-13(10-15(12)18)22-17-20-9-7-16(23-17)21-11-14-4-2-3-8-19-14/h2-10H,11H2,1H3,(H2,20,21,22,23). The van der Waals surface area contributed by atoms with Gasteiger partial charge in [0, 0.05) is 23.1 Å². The molecule has 6 heteroatoms. The highest BCUT2D eigenvalue weighted by atomic mass is 35.5. The van der Waals surface area contributed by atoms with Gasteiger partial charge in [0.2, 0.25) is 5.95 Å². The van der Waals surface area contributed by atoms with Crippen molar-refractivity contribution >= 4 is 29.1 Å². The van der Waals surface area contributed by atoms with Crippen LogP contribution in [0.15, 0.2) is 54.9 Å². The van der Waals surface area contributed by atoms with E-state index in [-0.39, 0.29) is 0 Å². The molecule has 0 spiro atoms. The lowest BCUT2D eigenvalue weighted by Gasteiger charge is -2.09. The minimum absolute atomic E-state index is 0.510. The molecule has 3 rings (SSSR count). The predicted octanol–water partition coefficient (Wildman–Crippen LogP) is 4.19. The van der Waals surface area contributed by atoms with Crippen LogP contribution >= 0.6 is 11.6 Å². The molecule has 0 fully saturated rings. The third-order valence-corrected chi connectivity index (χ3v) is 3.67. The first-order valence-electron chi connectivity index (χ1n) is 7.21. The quantitative estimate of drug-likeness (QED) is 0.736. The van der Waals surface area contributed by atoms with Crippen molar-refractivity contribution in [2.24, 2.45) is 0 Å². The highest BCUT2D eigenvalue weighted by Gasteiger charge is 2.02. The van der Waals surface area contributed by atoms with Crippen LogP contribution in [-0.2, 0) is 6.54 Å². The van der Waals surface area contributed by atoms with E-state index in [2.05, 4.69) is 25.6 Å². The van der Waals surface area contributed by atoms with Gasteiger partial charge in [-0.15, -0.1) is 0 Å². The molecule has 0 aliphatic heterocycles. The van der Waals surface area contributed by atoms with Gasteiger partial charge in [0.25, 0.3) is 0 Å². The van der Waals surface area contributed by atoms with Crippen LogP contribution in [0, 0.1) is 6.92 Å². The minimum Gasteiger partial charge on any atom is -0.364 e. The summed E-state index contributed by atoms with van der Waals surface area (Å²) in [5.74, 6) is 1.24. The molecule has 3 aromatic rings. The van der Waals surface area contributed by atoms with Gasteiger partial charge in [0.15, 0.2) is 0 Å². The van der Waals surface area contributed by atoms with E-state index >= 15 is 0 Å². The molecule has 0 radical (unpaired) electrons. The first-order chi connectivity index (χ1) is 11.2. The highest BCUT2D eigenvalue weighted by Crippen LogP contribution is 2.22. The summed E-state index contributed by atoms with van der Waals surface area (Å²) in [6.45, 7) is 2.57. The molecule has 1 aromatic carbocycles. The molecule has 0 unspecified atom stereocenters. The van der Waals surface area contributed by atoms with Gasteiger partial charge in [-0.05, 0) is 42.8 Å². The van der Waals surface area contributed by atoms with Crippen LogP contribution in [0.25, 0.3) is 0 Å². The van der Waals surface area contributed by atoms with Crippen molar-refractivity contribution in [2.45, 2.75) is 13.5 Å². The molecule has 23 heavy (non-hydrogen) atoms. The normalized spacial score (nSPS) is 10.3. The zero-order chi connectivity index (χ0) is 16.1. The fourth-order valence-electron chi connectivity index (χ4n) is 2.00. The van der Waals surface area contributed by atoms with E-state index < -0.39 is 0 Å². The van der Waals surface area contributed by atoms with Gasteiger partial charge in [-0.1, -0.05) is 23.7 Å². The molecule has 0 saturated carbocycles. The van der Waals surface area contributed by atoms with Gasteiger partial charge >= 0.3 is 0 Å². The minimum atomic E-state index is 0.510. The summed E-state index contributed by atoms with van der Waals surface area (Å²) in [6.07, 6.45) is 3.47. The van der Waals surface area contributed by atoms with Crippen molar-refractivity contribution in [3.05, 3.63) is 71.1 Å². The van der Waals surface area contributed by atoms with E-state index in [1.165, 1.54) is 0 Å². The second kappa shape index (κ2) is 7.07. The summed E-state index contributed by atoms with van der Waals surface area (Å²) in [7, 11) is 0. The van der Waals surface area contributed by atoms with Gasteiger partial charge in [0.05, 0.1) is 12.2 Å². The van der Waals surface area contributed by atoms with Crippen LogP contribution in [0.1, 0.15) is 11.3 Å². The SMILES string of the molecule is Cc1ccc(Nc2nccc(NCc3ccccn3)n2)cc1Cl. The Bertz CT molecular complexity index is 792. The van der Waals surface area contributed by atoms with Gasteiger partial charge in [-0.3, -0.25) is 4.98 Å². The smallest absolute Gasteiger partial charge is 0.229 e. The third kappa shape index (κ3) is 4.17. The molecule has 0 aliphatic rings. The average molecular weight is 326 g/mol. The van der Waals surface area contributed by atoms with Gasteiger partial charge in [0.1, 0.15) is 5.82 Å². The maximum Gasteiger partial charge on any atom is 0.229 e. The van der Waals surface area contributed by atoms with Crippen molar-refractivity contribution in [3.63, 3.8) is 0 Å². The van der Waals surface area contributed by atoms with Crippen LogP contribution in [0.4, 0.5) is 17.5 Å². The maximum atomic E-state index is 6.13. The van der Waals surface area contributed by atoms with E-state index in [4.69, 9.17) is 11.6 Å². The second-order valence-corrected chi connectivity index (χ2v) is 5.44. The fraction of sp³-hybridized carbons (Fsp3) is 0.118. The lowest BCUT2D eigenvalue weighted by Crippen LogP contribution is -2.05. The van der Waals surface area contributed by atoms with Crippen molar-refractivity contribution in [3.8, 4) is 0 Å². The Hall–Kier alpha value is -2.66. The fourth-order valence-corrected chi connectivity index (χ4v) is 2.18. The third-order valence-electron chi connectivity index (χ3n) is 3.26. The molecule has 2 heterocycles. The number of pyridine rings is 1. The number of benzene rings is 1. The number of anilines is 3. The second-order valence-electron chi connectivity index (χ2n) is 5.03. The van der Waals surface area contributed by atoms with Crippen molar-refractivity contribution < 1.29 is 0 Å². The van der Waals surface area contributed by atoms with Gasteiger partial charge < -0.3 is 10.6 Å². The predicted molar refractivity (Wildman–Crippen MR) is 93.1 cm³/mol. The average Bonchev–Trinajstić information content (AvgIpc) is 2.58. The molecule has 2 N–H and O–H groups in total. The number of nitrogens with one attached hydrogen (secondary N) is 2. The summed E-state index contributed by atoms with van der Waals surface area (Å²) in [6, 6.07) is 13.4. The Kier molecular flexibility index (Phi) is 4.68. The number of rotatable bonds is 5. The summed E-state index contributed by atoms with van der Waals surface area (Å²) < 4.78 is 0. The van der Waals surface area contributed by atoms with Crippen molar-refractivity contribution in [1.82, 2.24) is 15.0 Å². The molecule has 0 saturated heterocycles. The van der Waals surface area contributed by atoms with E-state index in [1.807, 2.05) is 49.4 Å². The molecule has 5 nitrogen and oxygen atoms in total. The van der Waals surface area contributed by atoms with E-state index in [1.54, 1.807) is 12.4 Å². The van der Waals surface area contributed by atoms with Crippen LogP contribution in [-0.4, -0.2) is 15.0 Å².